The van der Waals surface area contributed by atoms with E-state index in [0.717, 1.165) is 23.3 Å². The third kappa shape index (κ3) is 3.16. The molecule has 1 aliphatic rings. The monoisotopic (exact) mass is 319 g/mol. The summed E-state index contributed by atoms with van der Waals surface area (Å²) in [4.78, 5) is 31.0. The molecule has 0 bridgehead atoms. The van der Waals surface area contributed by atoms with Crippen molar-refractivity contribution in [2.24, 2.45) is 0 Å². The zero-order chi connectivity index (χ0) is 15.5. The van der Waals surface area contributed by atoms with Crippen molar-refractivity contribution in [1.29, 1.82) is 0 Å². The number of nitrogens with zero attached hydrogens (tertiary/aromatic N) is 3. The summed E-state index contributed by atoms with van der Waals surface area (Å²) in [6, 6.07) is 0. The Bertz CT molecular complexity index is 667. The molecule has 2 aromatic rings. The maximum absolute atomic E-state index is 12.3. The van der Waals surface area contributed by atoms with E-state index >= 15 is 0 Å². The highest BCUT2D eigenvalue weighted by molar-refractivity contribution is 7.15. The maximum atomic E-state index is 12.3. The Balaban J connectivity index is 1.62. The molecule has 7 nitrogen and oxygen atoms in total. The largest absolute Gasteiger partial charge is 0.334 e. The van der Waals surface area contributed by atoms with Gasteiger partial charge in [-0.2, -0.15) is 5.10 Å². The van der Waals surface area contributed by atoms with E-state index in [1.54, 1.807) is 17.3 Å². The lowest BCUT2D eigenvalue weighted by Crippen LogP contribution is -2.44. The first-order valence-corrected chi connectivity index (χ1v) is 7.96. The number of thiazole rings is 1. The van der Waals surface area contributed by atoms with Crippen molar-refractivity contribution in [2.75, 3.05) is 18.4 Å². The van der Waals surface area contributed by atoms with Gasteiger partial charge in [0.1, 0.15) is 0 Å². The van der Waals surface area contributed by atoms with E-state index < -0.39 is 11.8 Å². The summed E-state index contributed by atoms with van der Waals surface area (Å²) in [5.74, 6) is -0.894. The first-order chi connectivity index (χ1) is 10.6. The van der Waals surface area contributed by atoms with Gasteiger partial charge in [0.25, 0.3) is 0 Å². The molecular weight excluding hydrogens is 302 g/mol. The summed E-state index contributed by atoms with van der Waals surface area (Å²) < 4.78 is 0. The van der Waals surface area contributed by atoms with Gasteiger partial charge in [0.15, 0.2) is 5.13 Å². The van der Waals surface area contributed by atoms with Crippen LogP contribution >= 0.6 is 11.3 Å². The van der Waals surface area contributed by atoms with Gasteiger partial charge in [0.2, 0.25) is 0 Å². The third-order valence-electron chi connectivity index (χ3n) is 3.74. The van der Waals surface area contributed by atoms with Crippen molar-refractivity contribution >= 4 is 28.3 Å². The van der Waals surface area contributed by atoms with Crippen LogP contribution in [0.5, 0.6) is 0 Å². The first-order valence-electron chi connectivity index (χ1n) is 7.15. The first kappa shape index (κ1) is 14.7. The minimum Gasteiger partial charge on any atom is -0.334 e. The fraction of sp³-hybridized carbons (Fsp3) is 0.429. The number of hydrogen-bond acceptors (Lipinski definition) is 5. The van der Waals surface area contributed by atoms with Gasteiger partial charge < -0.3 is 4.90 Å². The van der Waals surface area contributed by atoms with Crippen LogP contribution in [-0.2, 0) is 9.59 Å². The second-order valence-corrected chi connectivity index (χ2v) is 6.59. The molecule has 8 heteroatoms. The average molecular weight is 319 g/mol. The van der Waals surface area contributed by atoms with Gasteiger partial charge in [0, 0.05) is 36.3 Å². The topological polar surface area (TPSA) is 91.0 Å². The van der Waals surface area contributed by atoms with Crippen LogP contribution < -0.4 is 5.32 Å². The Labute approximate surface area is 131 Å². The lowest BCUT2D eigenvalue weighted by molar-refractivity contribution is -0.144. The van der Waals surface area contributed by atoms with E-state index in [1.165, 1.54) is 11.3 Å². The van der Waals surface area contributed by atoms with Gasteiger partial charge in [-0.3, -0.25) is 20.0 Å². The number of rotatable bonds is 2. The molecule has 1 aliphatic heterocycles. The molecule has 2 aromatic heterocycles. The number of aryl methyl sites for hydroxylation is 1. The molecule has 116 valence electrons. The molecule has 3 rings (SSSR count). The highest BCUT2D eigenvalue weighted by Crippen LogP contribution is 2.26. The normalized spacial score (nSPS) is 18.2. The van der Waals surface area contributed by atoms with E-state index in [-0.39, 0.29) is 5.92 Å². The van der Waals surface area contributed by atoms with Crippen molar-refractivity contribution in [1.82, 2.24) is 20.1 Å². The fourth-order valence-corrected chi connectivity index (χ4v) is 3.28. The Kier molecular flexibility index (Phi) is 4.19. The summed E-state index contributed by atoms with van der Waals surface area (Å²) in [7, 11) is 0. The number of amides is 2. The molecule has 1 fully saturated rings. The van der Waals surface area contributed by atoms with Crippen LogP contribution in [0.1, 0.15) is 29.2 Å². The lowest BCUT2D eigenvalue weighted by Gasteiger charge is -2.31. The molecule has 1 atom stereocenters. The maximum Gasteiger partial charge on any atom is 0.315 e. The number of hydrogen-bond donors (Lipinski definition) is 2. The van der Waals surface area contributed by atoms with Gasteiger partial charge in [-0.25, -0.2) is 4.98 Å². The quantitative estimate of drug-likeness (QED) is 0.821. The molecule has 0 spiro atoms. The molecule has 1 saturated heterocycles. The van der Waals surface area contributed by atoms with E-state index in [1.807, 2.05) is 13.1 Å². The summed E-state index contributed by atoms with van der Waals surface area (Å²) in [6.45, 7) is 3.05. The van der Waals surface area contributed by atoms with Crippen molar-refractivity contribution in [2.45, 2.75) is 25.7 Å². The smallest absolute Gasteiger partial charge is 0.315 e. The molecule has 22 heavy (non-hydrogen) atoms. The van der Waals surface area contributed by atoms with Crippen LogP contribution in [0.3, 0.4) is 0 Å². The minimum atomic E-state index is -0.623. The predicted octanol–water partition coefficient (Wildman–Crippen LogP) is 1.52. The summed E-state index contributed by atoms with van der Waals surface area (Å²) >= 11 is 1.35. The molecule has 0 aliphatic carbocycles. The summed E-state index contributed by atoms with van der Waals surface area (Å²) in [5, 5.41) is 9.76. The number of H-pyrrole nitrogens is 1. The van der Waals surface area contributed by atoms with Crippen LogP contribution in [0.15, 0.2) is 18.6 Å². The minimum absolute atomic E-state index is 0.228. The van der Waals surface area contributed by atoms with Crippen molar-refractivity contribution in [3.8, 4) is 0 Å². The van der Waals surface area contributed by atoms with E-state index in [0.29, 0.717) is 18.2 Å². The van der Waals surface area contributed by atoms with E-state index in [2.05, 4.69) is 20.5 Å². The zero-order valence-electron chi connectivity index (χ0n) is 12.2. The van der Waals surface area contributed by atoms with Crippen LogP contribution in [0.4, 0.5) is 5.13 Å². The van der Waals surface area contributed by atoms with Gasteiger partial charge in [0.05, 0.1) is 6.20 Å². The standard InChI is InChI=1S/C14H17N5O2S/c1-9-5-15-14(22-9)18-12(20)13(21)19-4-2-3-10(8-19)11-6-16-17-7-11/h5-7,10H,2-4,8H2,1H3,(H,16,17)(H,15,18,20). The Morgan fingerprint density at radius 3 is 3.00 bits per heavy atom. The number of anilines is 1. The summed E-state index contributed by atoms with van der Waals surface area (Å²) in [5.41, 5.74) is 1.08. The van der Waals surface area contributed by atoms with Crippen LogP contribution in [-0.4, -0.2) is 45.0 Å². The highest BCUT2D eigenvalue weighted by Gasteiger charge is 2.29. The molecule has 0 radical (unpaired) electrons. The number of carbonyl (C=O) groups is 2. The number of nitrogens with one attached hydrogen (secondary N) is 2. The van der Waals surface area contributed by atoms with Crippen LogP contribution in [0.2, 0.25) is 0 Å². The SMILES string of the molecule is Cc1cnc(NC(=O)C(=O)N2CCCC(c3cn[nH]c3)C2)s1. The van der Waals surface area contributed by atoms with E-state index in [4.69, 9.17) is 0 Å². The van der Waals surface area contributed by atoms with Gasteiger partial charge in [-0.1, -0.05) is 0 Å². The van der Waals surface area contributed by atoms with Gasteiger partial charge >= 0.3 is 11.8 Å². The zero-order valence-corrected chi connectivity index (χ0v) is 13.0. The van der Waals surface area contributed by atoms with Crippen molar-refractivity contribution in [3.05, 3.63) is 29.0 Å². The molecule has 0 saturated carbocycles. The predicted molar refractivity (Wildman–Crippen MR) is 82.6 cm³/mol. The summed E-state index contributed by atoms with van der Waals surface area (Å²) in [6.07, 6.45) is 7.16. The third-order valence-corrected chi connectivity index (χ3v) is 4.56. The molecular formula is C14H17N5O2S. The van der Waals surface area contributed by atoms with Gasteiger partial charge in [-0.05, 0) is 25.3 Å². The van der Waals surface area contributed by atoms with Crippen LogP contribution in [0, 0.1) is 6.92 Å². The fourth-order valence-electron chi connectivity index (χ4n) is 2.62. The second-order valence-electron chi connectivity index (χ2n) is 5.35. The molecule has 2 amide bonds. The number of carbonyl (C=O) groups excluding carboxylic acids is 2. The highest BCUT2D eigenvalue weighted by atomic mass is 32.1. The average Bonchev–Trinajstić information content (AvgIpc) is 3.18. The van der Waals surface area contributed by atoms with E-state index in [9.17, 15) is 9.59 Å². The number of likely N-dealkylation sites (tertiary alicyclic amines) is 1. The molecule has 3 heterocycles. The lowest BCUT2D eigenvalue weighted by atomic mass is 9.93. The molecule has 1 unspecified atom stereocenters. The van der Waals surface area contributed by atoms with Crippen molar-refractivity contribution < 1.29 is 9.59 Å². The molecule has 2 N–H and O–H groups in total. The van der Waals surface area contributed by atoms with Gasteiger partial charge in [-0.15, -0.1) is 11.3 Å². The number of aromatic amines is 1. The molecule has 0 aromatic carbocycles. The van der Waals surface area contributed by atoms with Crippen molar-refractivity contribution in [3.63, 3.8) is 0 Å². The Morgan fingerprint density at radius 2 is 2.32 bits per heavy atom. The number of aromatic nitrogens is 3. The Morgan fingerprint density at radius 1 is 1.45 bits per heavy atom. The number of piperidine rings is 1. The Hall–Kier alpha value is -2.22. The van der Waals surface area contributed by atoms with Crippen LogP contribution in [0.25, 0.3) is 0 Å². The second kappa shape index (κ2) is 6.27.